The second-order valence-corrected chi connectivity index (χ2v) is 3.32. The Morgan fingerprint density at radius 1 is 1.56 bits per heavy atom. The van der Waals surface area contributed by atoms with Crippen LogP contribution in [0, 0.1) is 0 Å². The number of hydrogen-bond acceptors (Lipinski definition) is 5. The number of methoxy groups -OCH3 is 1. The third kappa shape index (κ3) is 4.34. The van der Waals surface area contributed by atoms with E-state index in [4.69, 9.17) is 4.74 Å². The Morgan fingerprint density at radius 2 is 2.25 bits per heavy atom. The second kappa shape index (κ2) is 7.43. The van der Waals surface area contributed by atoms with Crippen molar-refractivity contribution in [1.29, 1.82) is 0 Å². The fourth-order valence-corrected chi connectivity index (χ4v) is 1.28. The van der Waals surface area contributed by atoms with Crippen molar-refractivity contribution in [3.8, 4) is 0 Å². The van der Waals surface area contributed by atoms with Gasteiger partial charge in [-0.3, -0.25) is 4.79 Å². The SMILES string of the molecule is COC(=O)[C@H](C)NC(=O)[C@H]1CNCCO1.Cl. The largest absolute Gasteiger partial charge is 0.467 e. The Bertz CT molecular complexity index is 244. The zero-order valence-electron chi connectivity index (χ0n) is 9.32. The van der Waals surface area contributed by atoms with Gasteiger partial charge in [-0.15, -0.1) is 12.4 Å². The molecule has 1 rings (SSSR count). The minimum absolute atomic E-state index is 0. The minimum Gasteiger partial charge on any atom is -0.467 e. The fourth-order valence-electron chi connectivity index (χ4n) is 1.28. The third-order valence-electron chi connectivity index (χ3n) is 2.13. The molecule has 0 spiro atoms. The first-order chi connectivity index (χ1) is 7.15. The first-order valence-electron chi connectivity index (χ1n) is 4.85. The van der Waals surface area contributed by atoms with Crippen molar-refractivity contribution in [3.05, 3.63) is 0 Å². The van der Waals surface area contributed by atoms with Crippen LogP contribution >= 0.6 is 12.4 Å². The van der Waals surface area contributed by atoms with E-state index in [2.05, 4.69) is 15.4 Å². The lowest BCUT2D eigenvalue weighted by atomic mass is 10.2. The Hall–Kier alpha value is -0.850. The van der Waals surface area contributed by atoms with Crippen molar-refractivity contribution in [2.75, 3.05) is 26.8 Å². The van der Waals surface area contributed by atoms with Crippen molar-refractivity contribution in [2.45, 2.75) is 19.1 Å². The molecule has 94 valence electrons. The van der Waals surface area contributed by atoms with E-state index in [1.807, 2.05) is 0 Å². The van der Waals surface area contributed by atoms with Gasteiger partial charge in [-0.2, -0.15) is 0 Å². The van der Waals surface area contributed by atoms with E-state index in [0.29, 0.717) is 13.2 Å². The first-order valence-corrected chi connectivity index (χ1v) is 4.85. The summed E-state index contributed by atoms with van der Waals surface area (Å²) in [5.74, 6) is -0.757. The highest BCUT2D eigenvalue weighted by Crippen LogP contribution is 1.97. The van der Waals surface area contributed by atoms with Gasteiger partial charge in [-0.1, -0.05) is 0 Å². The summed E-state index contributed by atoms with van der Waals surface area (Å²) < 4.78 is 9.72. The Morgan fingerprint density at radius 3 is 2.75 bits per heavy atom. The van der Waals surface area contributed by atoms with Gasteiger partial charge < -0.3 is 20.1 Å². The molecule has 1 saturated heterocycles. The van der Waals surface area contributed by atoms with Gasteiger partial charge in [0.1, 0.15) is 12.1 Å². The molecule has 0 bridgehead atoms. The lowest BCUT2D eigenvalue weighted by molar-refractivity contribution is -0.146. The maximum absolute atomic E-state index is 11.5. The smallest absolute Gasteiger partial charge is 0.328 e. The number of esters is 1. The number of carbonyl (C=O) groups is 2. The van der Waals surface area contributed by atoms with Gasteiger partial charge in [-0.05, 0) is 6.92 Å². The summed E-state index contributed by atoms with van der Waals surface area (Å²) in [6.45, 7) is 3.29. The van der Waals surface area contributed by atoms with Gasteiger partial charge >= 0.3 is 5.97 Å². The van der Waals surface area contributed by atoms with E-state index in [0.717, 1.165) is 6.54 Å². The predicted octanol–water partition coefficient (Wildman–Crippen LogP) is -0.926. The van der Waals surface area contributed by atoms with Crippen molar-refractivity contribution >= 4 is 24.3 Å². The predicted molar refractivity (Wildman–Crippen MR) is 59.5 cm³/mol. The molecular weight excluding hydrogens is 236 g/mol. The summed E-state index contributed by atoms with van der Waals surface area (Å²) in [4.78, 5) is 22.6. The maximum Gasteiger partial charge on any atom is 0.328 e. The van der Waals surface area contributed by atoms with E-state index < -0.39 is 18.1 Å². The molecule has 16 heavy (non-hydrogen) atoms. The zero-order valence-corrected chi connectivity index (χ0v) is 10.1. The lowest BCUT2D eigenvalue weighted by Crippen LogP contribution is -2.51. The number of halogens is 1. The lowest BCUT2D eigenvalue weighted by Gasteiger charge is -2.23. The molecule has 7 heteroatoms. The van der Waals surface area contributed by atoms with E-state index in [-0.39, 0.29) is 18.3 Å². The Labute approximate surface area is 100 Å². The molecule has 6 nitrogen and oxygen atoms in total. The van der Waals surface area contributed by atoms with Crippen LogP contribution < -0.4 is 10.6 Å². The first kappa shape index (κ1) is 15.2. The molecule has 0 saturated carbocycles. The molecule has 0 aromatic rings. The molecule has 0 aromatic heterocycles. The highest BCUT2D eigenvalue weighted by molar-refractivity contribution is 5.86. The van der Waals surface area contributed by atoms with Crippen LogP contribution in [-0.2, 0) is 19.1 Å². The van der Waals surface area contributed by atoms with Crippen LogP contribution in [0.5, 0.6) is 0 Å². The van der Waals surface area contributed by atoms with E-state index in [1.165, 1.54) is 7.11 Å². The summed E-state index contributed by atoms with van der Waals surface area (Å²) in [6, 6.07) is -0.645. The quantitative estimate of drug-likeness (QED) is 0.635. The Kier molecular flexibility index (Phi) is 7.03. The number of ether oxygens (including phenoxy) is 2. The van der Waals surface area contributed by atoms with Crippen LogP contribution in [-0.4, -0.2) is 50.8 Å². The van der Waals surface area contributed by atoms with Gasteiger partial charge in [0.05, 0.1) is 13.7 Å². The summed E-state index contributed by atoms with van der Waals surface area (Å²) in [7, 11) is 1.28. The molecule has 0 unspecified atom stereocenters. The van der Waals surface area contributed by atoms with Crippen molar-refractivity contribution in [2.24, 2.45) is 0 Å². The van der Waals surface area contributed by atoms with Gasteiger partial charge in [0, 0.05) is 13.1 Å². The topological polar surface area (TPSA) is 76.7 Å². The van der Waals surface area contributed by atoms with E-state index in [1.54, 1.807) is 6.92 Å². The molecule has 1 amide bonds. The van der Waals surface area contributed by atoms with Gasteiger partial charge in [-0.25, -0.2) is 4.79 Å². The maximum atomic E-state index is 11.5. The average molecular weight is 253 g/mol. The molecule has 1 aliphatic heterocycles. The molecule has 0 aromatic carbocycles. The minimum atomic E-state index is -0.645. The molecule has 2 atom stereocenters. The normalized spacial score (nSPS) is 21.5. The molecular formula is C9H17ClN2O4. The number of hydrogen-bond donors (Lipinski definition) is 2. The summed E-state index contributed by atoms with van der Waals surface area (Å²) in [6.07, 6.45) is -0.522. The average Bonchev–Trinajstić information content (AvgIpc) is 2.29. The number of rotatable bonds is 3. The summed E-state index contributed by atoms with van der Waals surface area (Å²) in [5, 5.41) is 5.55. The molecule has 2 N–H and O–H groups in total. The van der Waals surface area contributed by atoms with Gasteiger partial charge in [0.25, 0.3) is 5.91 Å². The molecule has 1 aliphatic rings. The fraction of sp³-hybridized carbons (Fsp3) is 0.778. The molecule has 1 fully saturated rings. The summed E-state index contributed by atoms with van der Waals surface area (Å²) >= 11 is 0. The van der Waals surface area contributed by atoms with E-state index >= 15 is 0 Å². The van der Waals surface area contributed by atoms with Crippen LogP contribution in [0.2, 0.25) is 0 Å². The van der Waals surface area contributed by atoms with Crippen LogP contribution in [0.4, 0.5) is 0 Å². The second-order valence-electron chi connectivity index (χ2n) is 3.32. The van der Waals surface area contributed by atoms with Crippen molar-refractivity contribution in [1.82, 2.24) is 10.6 Å². The highest BCUT2D eigenvalue weighted by atomic mass is 35.5. The van der Waals surface area contributed by atoms with Crippen LogP contribution in [0.1, 0.15) is 6.92 Å². The number of amides is 1. The standard InChI is InChI=1S/C9H16N2O4.ClH/c1-6(9(13)14-2)11-8(12)7-5-10-3-4-15-7;/h6-7,10H,3-5H2,1-2H3,(H,11,12);1H/t6-,7+;/m0./s1. The van der Waals surface area contributed by atoms with Gasteiger partial charge in [0.2, 0.25) is 0 Å². The molecule has 0 aliphatic carbocycles. The van der Waals surface area contributed by atoms with Crippen molar-refractivity contribution < 1.29 is 19.1 Å². The van der Waals surface area contributed by atoms with Crippen LogP contribution in [0.3, 0.4) is 0 Å². The highest BCUT2D eigenvalue weighted by Gasteiger charge is 2.25. The summed E-state index contributed by atoms with van der Waals surface area (Å²) in [5.41, 5.74) is 0. The number of carbonyl (C=O) groups excluding carboxylic acids is 2. The monoisotopic (exact) mass is 252 g/mol. The van der Waals surface area contributed by atoms with E-state index in [9.17, 15) is 9.59 Å². The zero-order chi connectivity index (χ0) is 11.3. The van der Waals surface area contributed by atoms with Crippen LogP contribution in [0.25, 0.3) is 0 Å². The number of nitrogens with one attached hydrogen (secondary N) is 2. The van der Waals surface area contributed by atoms with Crippen LogP contribution in [0.15, 0.2) is 0 Å². The third-order valence-corrected chi connectivity index (χ3v) is 2.13. The van der Waals surface area contributed by atoms with Crippen molar-refractivity contribution in [3.63, 3.8) is 0 Å². The van der Waals surface area contributed by atoms with Gasteiger partial charge in [0.15, 0.2) is 0 Å². The molecule has 0 radical (unpaired) electrons. The molecule has 1 heterocycles. The Balaban J connectivity index is 0.00000225. The number of morpholine rings is 1.